The van der Waals surface area contributed by atoms with E-state index in [2.05, 4.69) is 19.4 Å². The molecular formula is C16H31N3O11. The SMILES string of the molecule is CC(=O)ON(CCN(OC(C)=O)OC(C)=O)OC(C)=O.OCCN(CCO)CCO. The van der Waals surface area contributed by atoms with Crippen LogP contribution in [-0.4, -0.2) is 107 Å². The van der Waals surface area contributed by atoms with E-state index in [1.165, 1.54) is 0 Å². The van der Waals surface area contributed by atoms with Gasteiger partial charge in [0.05, 0.1) is 32.9 Å². The molecule has 3 N–H and O–H groups in total. The van der Waals surface area contributed by atoms with Crippen LogP contribution >= 0.6 is 0 Å². The normalized spacial score (nSPS) is 10.3. The predicted octanol–water partition coefficient (Wildman–Crippen LogP) is -2.23. The molecule has 0 atom stereocenters. The third kappa shape index (κ3) is 20.4. The first-order chi connectivity index (χ1) is 14.0. The van der Waals surface area contributed by atoms with E-state index in [0.717, 1.165) is 27.7 Å². The molecule has 0 bridgehead atoms. The van der Waals surface area contributed by atoms with Gasteiger partial charge in [0.25, 0.3) is 0 Å². The standard InChI is InChI=1S/C10H16N2O8.C6H15NO3/c1-7(13)17-11(18-8(2)14)5-6-12(19-9(3)15)20-10(4)16;8-4-1-7(2-5-9)3-6-10/h5-6H2,1-4H3;8-10H,1-6H2. The number of carbonyl (C=O) groups excluding carboxylic acids is 4. The molecule has 0 aliphatic rings. The lowest BCUT2D eigenvalue weighted by Crippen LogP contribution is -2.38. The summed E-state index contributed by atoms with van der Waals surface area (Å²) >= 11 is 0. The van der Waals surface area contributed by atoms with Crippen LogP contribution in [0, 0.1) is 0 Å². The van der Waals surface area contributed by atoms with E-state index in [1.54, 1.807) is 4.90 Å². The number of aliphatic hydroxyl groups excluding tert-OH is 3. The van der Waals surface area contributed by atoms with Gasteiger partial charge in [-0.1, -0.05) is 0 Å². The van der Waals surface area contributed by atoms with Crippen LogP contribution in [-0.2, 0) is 38.5 Å². The highest BCUT2D eigenvalue weighted by atomic mass is 17.0. The third-order valence-electron chi connectivity index (χ3n) is 2.64. The average Bonchev–Trinajstić information content (AvgIpc) is 2.59. The molecular weight excluding hydrogens is 410 g/mol. The van der Waals surface area contributed by atoms with E-state index in [1.807, 2.05) is 0 Å². The molecule has 0 unspecified atom stereocenters. The summed E-state index contributed by atoms with van der Waals surface area (Å²) in [5.41, 5.74) is 0. The molecule has 30 heavy (non-hydrogen) atoms. The molecule has 176 valence electrons. The molecule has 0 aliphatic carbocycles. The average molecular weight is 441 g/mol. The number of hydrogen-bond donors (Lipinski definition) is 3. The molecule has 0 saturated heterocycles. The van der Waals surface area contributed by atoms with Crippen LogP contribution in [0.1, 0.15) is 27.7 Å². The predicted molar refractivity (Wildman–Crippen MR) is 98.2 cm³/mol. The van der Waals surface area contributed by atoms with Gasteiger partial charge < -0.3 is 34.7 Å². The van der Waals surface area contributed by atoms with Gasteiger partial charge in [0, 0.05) is 57.8 Å². The Hall–Kier alpha value is -2.36. The Morgan fingerprint density at radius 2 is 0.767 bits per heavy atom. The minimum atomic E-state index is -0.724. The lowest BCUT2D eigenvalue weighted by Gasteiger charge is -2.22. The summed E-state index contributed by atoms with van der Waals surface area (Å²) in [6.07, 6.45) is 0. The zero-order valence-corrected chi connectivity index (χ0v) is 17.6. The Balaban J connectivity index is 0. The fraction of sp³-hybridized carbons (Fsp3) is 0.750. The fourth-order valence-corrected chi connectivity index (χ4v) is 1.72. The maximum absolute atomic E-state index is 10.8. The Bertz CT molecular complexity index is 436. The third-order valence-corrected chi connectivity index (χ3v) is 2.64. The highest BCUT2D eigenvalue weighted by molar-refractivity contribution is 5.67. The first-order valence-electron chi connectivity index (χ1n) is 8.89. The second-order valence-corrected chi connectivity index (χ2v) is 5.46. The van der Waals surface area contributed by atoms with Crippen LogP contribution in [0.5, 0.6) is 0 Å². The summed E-state index contributed by atoms with van der Waals surface area (Å²) in [7, 11) is 0. The number of rotatable bonds is 13. The Morgan fingerprint density at radius 3 is 0.933 bits per heavy atom. The van der Waals surface area contributed by atoms with Crippen molar-refractivity contribution in [2.24, 2.45) is 0 Å². The molecule has 0 rings (SSSR count). The molecule has 0 aromatic rings. The lowest BCUT2D eigenvalue weighted by atomic mass is 10.4. The minimum absolute atomic E-state index is 0.0694. The van der Waals surface area contributed by atoms with Crippen molar-refractivity contribution in [1.29, 1.82) is 0 Å². The second-order valence-electron chi connectivity index (χ2n) is 5.46. The molecule has 0 fully saturated rings. The summed E-state index contributed by atoms with van der Waals surface area (Å²) in [6.45, 7) is 5.72. The number of hydroxylamine groups is 4. The zero-order valence-electron chi connectivity index (χ0n) is 17.6. The van der Waals surface area contributed by atoms with Crippen LogP contribution < -0.4 is 0 Å². The number of nitrogens with zero attached hydrogens (tertiary/aromatic N) is 3. The van der Waals surface area contributed by atoms with Crippen LogP contribution in [0.25, 0.3) is 0 Å². The van der Waals surface area contributed by atoms with Gasteiger partial charge in [0.1, 0.15) is 0 Å². The highest BCUT2D eigenvalue weighted by Crippen LogP contribution is 1.99. The Kier molecular flexibility index (Phi) is 18.6. The first kappa shape index (κ1) is 29.8. The minimum Gasteiger partial charge on any atom is -0.395 e. The molecule has 0 aromatic heterocycles. The topological polar surface area (TPSA) is 176 Å². The van der Waals surface area contributed by atoms with Crippen molar-refractivity contribution in [3.8, 4) is 0 Å². The smallest absolute Gasteiger partial charge is 0.326 e. The van der Waals surface area contributed by atoms with Gasteiger partial charge in [0.15, 0.2) is 0 Å². The quantitative estimate of drug-likeness (QED) is 0.262. The van der Waals surface area contributed by atoms with E-state index in [9.17, 15) is 19.2 Å². The van der Waals surface area contributed by atoms with E-state index in [-0.39, 0.29) is 32.9 Å². The van der Waals surface area contributed by atoms with Gasteiger partial charge in [-0.05, 0) is 0 Å². The molecule has 0 radical (unpaired) electrons. The van der Waals surface area contributed by atoms with Crippen molar-refractivity contribution in [3.05, 3.63) is 0 Å². The van der Waals surface area contributed by atoms with Crippen molar-refractivity contribution >= 4 is 23.9 Å². The van der Waals surface area contributed by atoms with E-state index >= 15 is 0 Å². The summed E-state index contributed by atoms with van der Waals surface area (Å²) in [5, 5.41) is 26.6. The van der Waals surface area contributed by atoms with Crippen LogP contribution in [0.2, 0.25) is 0 Å². The zero-order chi connectivity index (χ0) is 23.5. The maximum atomic E-state index is 10.8. The number of aliphatic hydroxyl groups is 3. The molecule has 0 amide bonds. The summed E-state index contributed by atoms with van der Waals surface area (Å²) in [5.74, 6) is -2.90. The van der Waals surface area contributed by atoms with E-state index in [4.69, 9.17) is 15.3 Å². The molecule has 14 nitrogen and oxygen atoms in total. The van der Waals surface area contributed by atoms with Crippen molar-refractivity contribution in [2.75, 3.05) is 52.5 Å². The monoisotopic (exact) mass is 441 g/mol. The second kappa shape index (κ2) is 18.7. The van der Waals surface area contributed by atoms with Gasteiger partial charge in [-0.15, -0.1) is 0 Å². The number of carbonyl (C=O) groups is 4. The molecule has 0 saturated carbocycles. The van der Waals surface area contributed by atoms with Gasteiger partial charge in [-0.25, -0.2) is 0 Å². The summed E-state index contributed by atoms with van der Waals surface area (Å²) in [4.78, 5) is 63.2. The largest absolute Gasteiger partial charge is 0.395 e. The summed E-state index contributed by atoms with van der Waals surface area (Å²) in [6, 6.07) is 0. The van der Waals surface area contributed by atoms with Gasteiger partial charge >= 0.3 is 23.9 Å². The van der Waals surface area contributed by atoms with Crippen molar-refractivity contribution in [1.82, 2.24) is 15.4 Å². The van der Waals surface area contributed by atoms with Crippen molar-refractivity contribution < 1.29 is 53.8 Å². The Morgan fingerprint density at radius 1 is 0.533 bits per heavy atom. The van der Waals surface area contributed by atoms with Gasteiger partial charge in [-0.2, -0.15) is 0 Å². The van der Waals surface area contributed by atoms with Gasteiger partial charge in [-0.3, -0.25) is 24.1 Å². The van der Waals surface area contributed by atoms with Crippen molar-refractivity contribution in [3.63, 3.8) is 0 Å². The lowest BCUT2D eigenvalue weighted by molar-refractivity contribution is -0.354. The van der Waals surface area contributed by atoms with E-state index < -0.39 is 23.9 Å². The van der Waals surface area contributed by atoms with Crippen LogP contribution in [0.15, 0.2) is 0 Å². The number of hydrogen-bond acceptors (Lipinski definition) is 14. The highest BCUT2D eigenvalue weighted by Gasteiger charge is 2.19. The molecule has 0 aliphatic heterocycles. The van der Waals surface area contributed by atoms with Gasteiger partial charge in [0.2, 0.25) is 0 Å². The first-order valence-corrected chi connectivity index (χ1v) is 8.89. The Labute approximate surface area is 174 Å². The fourth-order valence-electron chi connectivity index (χ4n) is 1.72. The van der Waals surface area contributed by atoms with Crippen LogP contribution in [0.4, 0.5) is 0 Å². The molecule has 0 aromatic carbocycles. The molecule has 14 heteroatoms. The van der Waals surface area contributed by atoms with E-state index in [0.29, 0.717) is 30.1 Å². The molecule has 0 spiro atoms. The van der Waals surface area contributed by atoms with Crippen molar-refractivity contribution in [2.45, 2.75) is 27.7 Å². The maximum Gasteiger partial charge on any atom is 0.326 e. The summed E-state index contributed by atoms with van der Waals surface area (Å²) < 4.78 is 0. The molecule has 0 heterocycles. The van der Waals surface area contributed by atoms with Crippen LogP contribution in [0.3, 0.4) is 0 Å².